The van der Waals surface area contributed by atoms with Crippen LogP contribution in [0.1, 0.15) is 17.7 Å². The van der Waals surface area contributed by atoms with Gasteiger partial charge >= 0.3 is 12.0 Å². The molecule has 3 N–H and O–H groups in total. The molecule has 0 radical (unpaired) electrons. The summed E-state index contributed by atoms with van der Waals surface area (Å²) in [5.41, 5.74) is 2.84. The number of carboxylic acid groups (broad SMARTS) is 1. The van der Waals surface area contributed by atoms with Crippen molar-refractivity contribution in [2.24, 2.45) is 0 Å². The fourth-order valence-electron chi connectivity index (χ4n) is 2.05. The highest BCUT2D eigenvalue weighted by molar-refractivity contribution is 9.10. The zero-order chi connectivity index (χ0) is 16.1. The second-order valence-electron chi connectivity index (χ2n) is 4.88. The van der Waals surface area contributed by atoms with Gasteiger partial charge in [-0.3, -0.25) is 4.79 Å². The highest BCUT2D eigenvalue weighted by atomic mass is 79.9. The van der Waals surface area contributed by atoms with Gasteiger partial charge in [0.1, 0.15) is 5.65 Å². The number of nitrogens with zero attached hydrogens (tertiary/aromatic N) is 2. The van der Waals surface area contributed by atoms with Crippen LogP contribution >= 0.6 is 15.9 Å². The van der Waals surface area contributed by atoms with Gasteiger partial charge in [-0.05, 0) is 34.5 Å². The molecule has 2 amide bonds. The van der Waals surface area contributed by atoms with Crippen LogP contribution in [0.5, 0.6) is 0 Å². The van der Waals surface area contributed by atoms with Crippen molar-refractivity contribution in [1.29, 1.82) is 0 Å². The van der Waals surface area contributed by atoms with Crippen LogP contribution in [0.3, 0.4) is 0 Å². The van der Waals surface area contributed by atoms with Crippen LogP contribution in [0.2, 0.25) is 0 Å². The quantitative estimate of drug-likeness (QED) is 0.723. The maximum atomic E-state index is 11.4. The van der Waals surface area contributed by atoms with Crippen LogP contribution < -0.4 is 10.6 Å². The summed E-state index contributed by atoms with van der Waals surface area (Å²) in [5, 5.41) is 13.6. The third kappa shape index (κ3) is 4.45. The molecule has 0 unspecified atom stereocenters. The van der Waals surface area contributed by atoms with E-state index in [1.54, 1.807) is 0 Å². The lowest BCUT2D eigenvalue weighted by Crippen LogP contribution is -2.37. The number of hydrogen-bond acceptors (Lipinski definition) is 3. The molecular formula is C14H17BrN4O3. The Labute approximate surface area is 135 Å². The summed E-state index contributed by atoms with van der Waals surface area (Å²) in [4.78, 5) is 26.3. The molecule has 0 aliphatic rings. The standard InChI is InChI=1S/C14H17BrN4O3/c1-9-6-10(15)7-19-8-11(18-13(9)19)2-4-16-14(22)17-5-3-12(20)21/h6-8H,2-5H2,1H3,(H,20,21)(H2,16,17,22). The largest absolute Gasteiger partial charge is 0.481 e. The molecule has 0 saturated carbocycles. The number of carboxylic acids is 1. The minimum absolute atomic E-state index is 0.0893. The summed E-state index contributed by atoms with van der Waals surface area (Å²) >= 11 is 3.44. The molecule has 2 heterocycles. The lowest BCUT2D eigenvalue weighted by molar-refractivity contribution is -0.136. The molecular weight excluding hydrogens is 352 g/mol. The Morgan fingerprint density at radius 3 is 2.77 bits per heavy atom. The van der Waals surface area contributed by atoms with E-state index in [9.17, 15) is 9.59 Å². The number of imidazole rings is 1. The van der Waals surface area contributed by atoms with E-state index in [-0.39, 0.29) is 19.0 Å². The number of aryl methyl sites for hydroxylation is 1. The average molecular weight is 369 g/mol. The number of aromatic nitrogens is 2. The third-order valence-electron chi connectivity index (χ3n) is 3.04. The number of halogens is 1. The molecule has 0 saturated heterocycles. The number of aliphatic carboxylic acids is 1. The Hall–Kier alpha value is -2.09. The highest BCUT2D eigenvalue weighted by Crippen LogP contribution is 2.17. The monoisotopic (exact) mass is 368 g/mol. The fourth-order valence-corrected chi connectivity index (χ4v) is 2.61. The Morgan fingerprint density at radius 2 is 2.05 bits per heavy atom. The third-order valence-corrected chi connectivity index (χ3v) is 3.48. The van der Waals surface area contributed by atoms with E-state index >= 15 is 0 Å². The number of carbonyl (C=O) groups excluding carboxylic acids is 1. The van der Waals surface area contributed by atoms with Gasteiger partial charge in [0.25, 0.3) is 0 Å². The number of carbonyl (C=O) groups is 2. The first-order valence-corrected chi connectivity index (χ1v) is 7.62. The lowest BCUT2D eigenvalue weighted by atomic mass is 10.3. The van der Waals surface area contributed by atoms with E-state index in [2.05, 4.69) is 31.5 Å². The predicted octanol–water partition coefficient (Wildman–Crippen LogP) is 1.72. The van der Waals surface area contributed by atoms with Gasteiger partial charge in [-0.25, -0.2) is 9.78 Å². The lowest BCUT2D eigenvalue weighted by Gasteiger charge is -2.05. The molecule has 0 aromatic carbocycles. The first-order valence-electron chi connectivity index (χ1n) is 6.83. The van der Waals surface area contributed by atoms with Gasteiger partial charge < -0.3 is 20.1 Å². The van der Waals surface area contributed by atoms with Gasteiger partial charge in [0, 0.05) is 36.4 Å². The zero-order valence-corrected chi connectivity index (χ0v) is 13.7. The number of nitrogens with one attached hydrogen (secondary N) is 2. The minimum atomic E-state index is -0.938. The molecule has 0 aliphatic heterocycles. The Morgan fingerprint density at radius 1 is 1.32 bits per heavy atom. The summed E-state index contributed by atoms with van der Waals surface area (Å²) in [6.07, 6.45) is 4.38. The van der Waals surface area contributed by atoms with Gasteiger partial charge in [-0.1, -0.05) is 0 Å². The number of urea groups is 1. The Balaban J connectivity index is 1.83. The van der Waals surface area contributed by atoms with Gasteiger partial charge in [0.15, 0.2) is 0 Å². The van der Waals surface area contributed by atoms with Crippen LogP contribution in [0.15, 0.2) is 22.9 Å². The fraction of sp³-hybridized carbons (Fsp3) is 0.357. The Kier molecular flexibility index (Phi) is 5.37. The summed E-state index contributed by atoms with van der Waals surface area (Å²) in [5.74, 6) is -0.938. The average Bonchev–Trinajstić information content (AvgIpc) is 2.81. The van der Waals surface area contributed by atoms with Crippen LogP contribution in [0.25, 0.3) is 5.65 Å². The summed E-state index contributed by atoms with van der Waals surface area (Å²) in [6, 6.07) is 1.63. The van der Waals surface area contributed by atoms with Crippen LogP contribution in [0, 0.1) is 6.92 Å². The van der Waals surface area contributed by atoms with E-state index in [0.29, 0.717) is 13.0 Å². The van der Waals surface area contributed by atoms with E-state index in [1.807, 2.05) is 29.8 Å². The van der Waals surface area contributed by atoms with Gasteiger partial charge in [-0.2, -0.15) is 0 Å². The van der Waals surface area contributed by atoms with E-state index < -0.39 is 5.97 Å². The second-order valence-corrected chi connectivity index (χ2v) is 5.80. The number of amides is 2. The van der Waals surface area contributed by atoms with Crippen LogP contribution in [0.4, 0.5) is 4.79 Å². The smallest absolute Gasteiger partial charge is 0.314 e. The molecule has 2 rings (SSSR count). The Bertz CT molecular complexity index is 699. The second kappa shape index (κ2) is 7.26. The molecule has 0 aliphatic carbocycles. The van der Waals surface area contributed by atoms with E-state index in [1.165, 1.54) is 0 Å². The van der Waals surface area contributed by atoms with Crippen LogP contribution in [-0.4, -0.2) is 39.6 Å². The molecule has 0 fully saturated rings. The molecule has 7 nitrogen and oxygen atoms in total. The molecule has 118 valence electrons. The normalized spacial score (nSPS) is 10.6. The van der Waals surface area contributed by atoms with Gasteiger partial charge in [0.2, 0.25) is 0 Å². The molecule has 22 heavy (non-hydrogen) atoms. The number of hydrogen-bond donors (Lipinski definition) is 3. The van der Waals surface area contributed by atoms with Crippen molar-refractivity contribution in [2.75, 3.05) is 13.1 Å². The van der Waals surface area contributed by atoms with Crippen molar-refractivity contribution in [1.82, 2.24) is 20.0 Å². The first-order chi connectivity index (χ1) is 10.5. The van der Waals surface area contributed by atoms with Crippen molar-refractivity contribution >= 4 is 33.6 Å². The topological polar surface area (TPSA) is 95.7 Å². The zero-order valence-electron chi connectivity index (χ0n) is 12.1. The van der Waals surface area contributed by atoms with Crippen molar-refractivity contribution in [3.05, 3.63) is 34.2 Å². The summed E-state index contributed by atoms with van der Waals surface area (Å²) in [7, 11) is 0. The van der Waals surface area contributed by atoms with E-state index in [4.69, 9.17) is 5.11 Å². The van der Waals surface area contributed by atoms with Crippen molar-refractivity contribution in [3.8, 4) is 0 Å². The molecule has 0 atom stereocenters. The maximum Gasteiger partial charge on any atom is 0.314 e. The van der Waals surface area contributed by atoms with Crippen molar-refractivity contribution in [3.63, 3.8) is 0 Å². The molecule has 2 aromatic rings. The van der Waals surface area contributed by atoms with Crippen molar-refractivity contribution < 1.29 is 14.7 Å². The summed E-state index contributed by atoms with van der Waals surface area (Å²) < 4.78 is 2.93. The van der Waals surface area contributed by atoms with Gasteiger partial charge in [0.05, 0.1) is 12.1 Å². The molecule has 2 aromatic heterocycles. The predicted molar refractivity (Wildman–Crippen MR) is 85.0 cm³/mol. The number of fused-ring (bicyclic) bond motifs is 1. The first kappa shape index (κ1) is 16.3. The number of pyridine rings is 1. The summed E-state index contributed by atoms with van der Waals surface area (Å²) in [6.45, 7) is 2.54. The van der Waals surface area contributed by atoms with Gasteiger partial charge in [-0.15, -0.1) is 0 Å². The number of rotatable bonds is 6. The molecule has 8 heteroatoms. The SMILES string of the molecule is Cc1cc(Br)cn2cc(CCNC(=O)NCCC(=O)O)nc12. The molecule has 0 bridgehead atoms. The van der Waals surface area contributed by atoms with E-state index in [0.717, 1.165) is 21.4 Å². The highest BCUT2D eigenvalue weighted by Gasteiger charge is 2.06. The van der Waals surface area contributed by atoms with Crippen molar-refractivity contribution in [2.45, 2.75) is 19.8 Å². The minimum Gasteiger partial charge on any atom is -0.481 e. The molecule has 0 spiro atoms. The maximum absolute atomic E-state index is 11.4. The van der Waals surface area contributed by atoms with Crippen LogP contribution in [-0.2, 0) is 11.2 Å².